The quantitative estimate of drug-likeness (QED) is 0.825. The highest BCUT2D eigenvalue weighted by Gasteiger charge is 2.08. The Morgan fingerprint density at radius 2 is 2.10 bits per heavy atom. The SMILES string of the molecule is O=C(Nc1cncnc1)c1ccc(C#CCO)c(Cl)c1. The molecule has 2 aromatic rings. The molecule has 20 heavy (non-hydrogen) atoms. The number of nitrogens with one attached hydrogen (secondary N) is 1. The Kier molecular flexibility index (Phi) is 4.66. The first-order valence-corrected chi connectivity index (χ1v) is 6.04. The summed E-state index contributed by atoms with van der Waals surface area (Å²) in [6.07, 6.45) is 4.36. The van der Waals surface area contributed by atoms with Crippen molar-refractivity contribution in [1.29, 1.82) is 0 Å². The van der Waals surface area contributed by atoms with Gasteiger partial charge in [0.1, 0.15) is 12.9 Å². The summed E-state index contributed by atoms with van der Waals surface area (Å²) in [5.74, 6) is 4.88. The Balaban J connectivity index is 2.17. The van der Waals surface area contributed by atoms with Crippen molar-refractivity contribution in [2.24, 2.45) is 0 Å². The Labute approximate surface area is 120 Å². The third kappa shape index (κ3) is 3.54. The van der Waals surface area contributed by atoms with Crippen LogP contribution in [0.5, 0.6) is 0 Å². The zero-order valence-electron chi connectivity index (χ0n) is 10.3. The number of aromatic nitrogens is 2. The maximum Gasteiger partial charge on any atom is 0.255 e. The van der Waals surface area contributed by atoms with Crippen LogP contribution in [0.1, 0.15) is 15.9 Å². The highest BCUT2D eigenvalue weighted by molar-refractivity contribution is 6.32. The van der Waals surface area contributed by atoms with Crippen LogP contribution in [0.4, 0.5) is 5.69 Å². The largest absolute Gasteiger partial charge is 0.384 e. The summed E-state index contributed by atoms with van der Waals surface area (Å²) in [7, 11) is 0. The summed E-state index contributed by atoms with van der Waals surface area (Å²) in [6, 6.07) is 4.75. The Hall–Kier alpha value is -2.42. The molecule has 1 heterocycles. The molecule has 0 spiro atoms. The van der Waals surface area contributed by atoms with E-state index in [4.69, 9.17) is 16.7 Å². The van der Waals surface area contributed by atoms with E-state index in [0.717, 1.165) is 0 Å². The molecular formula is C14H10ClN3O2. The molecule has 0 atom stereocenters. The minimum atomic E-state index is -0.316. The summed E-state index contributed by atoms with van der Waals surface area (Å²) in [4.78, 5) is 19.6. The van der Waals surface area contributed by atoms with Gasteiger partial charge in [0.05, 0.1) is 23.1 Å². The Bertz CT molecular complexity index is 678. The van der Waals surface area contributed by atoms with Gasteiger partial charge in [0, 0.05) is 11.1 Å². The summed E-state index contributed by atoms with van der Waals surface area (Å²) in [5, 5.41) is 11.6. The molecule has 1 aromatic carbocycles. The topological polar surface area (TPSA) is 75.1 Å². The number of aliphatic hydroxyl groups is 1. The molecule has 1 amide bonds. The molecule has 0 saturated heterocycles. The van der Waals surface area contributed by atoms with Crippen molar-refractivity contribution in [1.82, 2.24) is 9.97 Å². The lowest BCUT2D eigenvalue weighted by molar-refractivity contribution is 0.102. The summed E-state index contributed by atoms with van der Waals surface area (Å²) in [6.45, 7) is -0.243. The summed E-state index contributed by atoms with van der Waals surface area (Å²) in [5.41, 5.74) is 1.45. The molecule has 6 heteroatoms. The molecule has 0 saturated carbocycles. The first kappa shape index (κ1) is 14.0. The zero-order valence-corrected chi connectivity index (χ0v) is 11.1. The zero-order chi connectivity index (χ0) is 14.4. The van der Waals surface area contributed by atoms with Crippen molar-refractivity contribution in [3.8, 4) is 11.8 Å². The molecule has 0 bridgehead atoms. The van der Waals surface area contributed by atoms with E-state index in [-0.39, 0.29) is 12.5 Å². The summed E-state index contributed by atoms with van der Waals surface area (Å²) < 4.78 is 0. The standard InChI is InChI=1S/C14H10ClN3O2/c15-13-6-11(4-3-10(13)2-1-5-19)14(20)18-12-7-16-9-17-8-12/h3-4,6-9,19H,5H2,(H,18,20). The number of anilines is 1. The van der Waals surface area contributed by atoms with Gasteiger partial charge >= 0.3 is 0 Å². The first-order chi connectivity index (χ1) is 9.70. The molecule has 100 valence electrons. The van der Waals surface area contributed by atoms with E-state index in [1.807, 2.05) is 0 Å². The van der Waals surface area contributed by atoms with E-state index >= 15 is 0 Å². The van der Waals surface area contributed by atoms with Crippen LogP contribution in [-0.2, 0) is 0 Å². The van der Waals surface area contributed by atoms with Crippen molar-refractivity contribution in [3.63, 3.8) is 0 Å². The third-order valence-corrected chi connectivity index (χ3v) is 2.66. The fourth-order valence-corrected chi connectivity index (χ4v) is 1.69. The normalized spacial score (nSPS) is 9.50. The number of carbonyl (C=O) groups excluding carboxylic acids is 1. The molecule has 2 rings (SSSR count). The second-order valence-corrected chi connectivity index (χ2v) is 4.14. The highest BCUT2D eigenvalue weighted by atomic mass is 35.5. The van der Waals surface area contributed by atoms with Crippen molar-refractivity contribution < 1.29 is 9.90 Å². The van der Waals surface area contributed by atoms with Gasteiger partial charge in [-0.25, -0.2) is 9.97 Å². The number of aliphatic hydroxyl groups excluding tert-OH is 1. The monoisotopic (exact) mass is 287 g/mol. The minimum absolute atomic E-state index is 0.243. The lowest BCUT2D eigenvalue weighted by Gasteiger charge is -2.05. The van der Waals surface area contributed by atoms with E-state index in [1.165, 1.54) is 24.8 Å². The lowest BCUT2D eigenvalue weighted by atomic mass is 10.1. The van der Waals surface area contributed by atoms with E-state index in [9.17, 15) is 4.79 Å². The van der Waals surface area contributed by atoms with Gasteiger partial charge in [-0.05, 0) is 18.2 Å². The Morgan fingerprint density at radius 3 is 2.75 bits per heavy atom. The average molecular weight is 288 g/mol. The number of halogens is 1. The van der Waals surface area contributed by atoms with Gasteiger partial charge in [0.25, 0.3) is 5.91 Å². The molecular weight excluding hydrogens is 278 g/mol. The van der Waals surface area contributed by atoms with Crippen molar-refractivity contribution >= 4 is 23.2 Å². The van der Waals surface area contributed by atoms with Crippen molar-refractivity contribution in [2.75, 3.05) is 11.9 Å². The van der Waals surface area contributed by atoms with E-state index in [0.29, 0.717) is 21.8 Å². The van der Waals surface area contributed by atoms with Crippen LogP contribution in [0, 0.1) is 11.8 Å². The van der Waals surface area contributed by atoms with E-state index in [2.05, 4.69) is 27.1 Å². The fourth-order valence-electron chi connectivity index (χ4n) is 1.46. The number of hydrogen-bond acceptors (Lipinski definition) is 4. The molecule has 1 aromatic heterocycles. The smallest absolute Gasteiger partial charge is 0.255 e. The van der Waals surface area contributed by atoms with Gasteiger partial charge in [0.15, 0.2) is 0 Å². The second kappa shape index (κ2) is 6.66. The molecule has 0 fully saturated rings. The molecule has 5 nitrogen and oxygen atoms in total. The predicted octanol–water partition coefficient (Wildman–Crippen LogP) is 1.73. The van der Waals surface area contributed by atoms with Crippen LogP contribution in [0.25, 0.3) is 0 Å². The van der Waals surface area contributed by atoms with Gasteiger partial charge in [-0.2, -0.15) is 0 Å². The van der Waals surface area contributed by atoms with E-state index < -0.39 is 0 Å². The van der Waals surface area contributed by atoms with Crippen LogP contribution in [0.2, 0.25) is 5.02 Å². The van der Waals surface area contributed by atoms with Crippen LogP contribution in [0.15, 0.2) is 36.9 Å². The van der Waals surface area contributed by atoms with Crippen LogP contribution in [0.3, 0.4) is 0 Å². The molecule has 2 N–H and O–H groups in total. The summed E-state index contributed by atoms with van der Waals surface area (Å²) >= 11 is 6.02. The molecule has 0 aliphatic carbocycles. The van der Waals surface area contributed by atoms with Crippen LogP contribution >= 0.6 is 11.6 Å². The van der Waals surface area contributed by atoms with Gasteiger partial charge in [-0.15, -0.1) is 0 Å². The molecule has 0 aliphatic heterocycles. The number of amides is 1. The molecule has 0 radical (unpaired) electrons. The number of rotatable bonds is 2. The van der Waals surface area contributed by atoms with Gasteiger partial charge in [0.2, 0.25) is 0 Å². The minimum Gasteiger partial charge on any atom is -0.384 e. The highest BCUT2D eigenvalue weighted by Crippen LogP contribution is 2.18. The van der Waals surface area contributed by atoms with Crippen LogP contribution in [-0.4, -0.2) is 27.6 Å². The molecule has 0 unspecified atom stereocenters. The van der Waals surface area contributed by atoms with Crippen molar-refractivity contribution in [3.05, 3.63) is 53.1 Å². The average Bonchev–Trinajstić information content (AvgIpc) is 2.47. The third-order valence-electron chi connectivity index (χ3n) is 2.35. The van der Waals surface area contributed by atoms with E-state index in [1.54, 1.807) is 12.1 Å². The second-order valence-electron chi connectivity index (χ2n) is 3.74. The van der Waals surface area contributed by atoms with Gasteiger partial charge in [-0.1, -0.05) is 23.4 Å². The molecule has 0 aliphatic rings. The lowest BCUT2D eigenvalue weighted by Crippen LogP contribution is -2.12. The number of carbonyl (C=O) groups is 1. The maximum absolute atomic E-state index is 12.0. The number of hydrogen-bond donors (Lipinski definition) is 2. The van der Waals surface area contributed by atoms with Gasteiger partial charge in [-0.3, -0.25) is 4.79 Å². The predicted molar refractivity (Wildman–Crippen MR) is 75.4 cm³/mol. The van der Waals surface area contributed by atoms with Gasteiger partial charge < -0.3 is 10.4 Å². The number of nitrogens with zero attached hydrogens (tertiary/aromatic N) is 2. The fraction of sp³-hybridized carbons (Fsp3) is 0.0714. The first-order valence-electron chi connectivity index (χ1n) is 5.66. The van der Waals surface area contributed by atoms with Crippen molar-refractivity contribution in [2.45, 2.75) is 0 Å². The maximum atomic E-state index is 12.0. The number of benzene rings is 1. The van der Waals surface area contributed by atoms with Crippen LogP contribution < -0.4 is 5.32 Å². The Morgan fingerprint density at radius 1 is 1.35 bits per heavy atom.